The van der Waals surface area contributed by atoms with Gasteiger partial charge in [-0.25, -0.2) is 0 Å². The summed E-state index contributed by atoms with van der Waals surface area (Å²) in [5, 5.41) is 27.8. The fraction of sp³-hybridized carbons (Fsp3) is 0.562. The van der Waals surface area contributed by atoms with E-state index in [9.17, 15) is 9.90 Å². The Labute approximate surface area is 130 Å². The van der Waals surface area contributed by atoms with E-state index < -0.39 is 6.10 Å². The van der Waals surface area contributed by atoms with Crippen LogP contribution in [0.25, 0.3) is 0 Å². The quantitative estimate of drug-likeness (QED) is 0.510. The lowest BCUT2D eigenvalue weighted by atomic mass is 10.1. The first-order valence-electron chi connectivity index (χ1n) is 7.48. The molecule has 0 saturated heterocycles. The van der Waals surface area contributed by atoms with E-state index in [0.29, 0.717) is 37.4 Å². The number of aliphatic hydroxyl groups is 3. The lowest BCUT2D eigenvalue weighted by molar-refractivity contribution is 0.0552. The molecule has 6 heteroatoms. The average Bonchev–Trinajstić information content (AvgIpc) is 2.53. The normalized spacial score (nSPS) is 12.4. The minimum Gasteiger partial charge on any atom is -0.491 e. The monoisotopic (exact) mass is 311 g/mol. The van der Waals surface area contributed by atoms with Crippen LogP contribution in [0, 0.1) is 0 Å². The molecule has 0 radical (unpaired) electrons. The predicted molar refractivity (Wildman–Crippen MR) is 83.2 cm³/mol. The van der Waals surface area contributed by atoms with Crippen molar-refractivity contribution < 1.29 is 24.9 Å². The molecule has 3 N–H and O–H groups in total. The largest absolute Gasteiger partial charge is 0.491 e. The third-order valence-electron chi connectivity index (χ3n) is 3.24. The van der Waals surface area contributed by atoms with Gasteiger partial charge in [-0.2, -0.15) is 0 Å². The van der Waals surface area contributed by atoms with Crippen molar-refractivity contribution >= 4 is 5.78 Å². The number of hydrogen-bond donors (Lipinski definition) is 3. The second-order valence-corrected chi connectivity index (χ2v) is 5.01. The Morgan fingerprint density at radius 1 is 1.18 bits per heavy atom. The summed E-state index contributed by atoms with van der Waals surface area (Å²) in [4.78, 5) is 13.3. The number of carbonyl (C=O) groups is 1. The van der Waals surface area contributed by atoms with Crippen molar-refractivity contribution in [1.82, 2.24) is 4.90 Å². The lowest BCUT2D eigenvalue weighted by Crippen LogP contribution is -2.38. The zero-order chi connectivity index (χ0) is 16.4. The summed E-state index contributed by atoms with van der Waals surface area (Å²) >= 11 is 0. The molecule has 0 amide bonds. The standard InChI is InChI=1S/C16H25NO5/c1-2-16(21)13-3-5-15(6-4-13)22-12-14(20)11-17(7-9-18)8-10-19/h3-6,14,18-20H,2,7-12H2,1H3/t14-/m0/s1. The van der Waals surface area contributed by atoms with Crippen LogP contribution in [0.1, 0.15) is 23.7 Å². The third-order valence-corrected chi connectivity index (χ3v) is 3.24. The summed E-state index contributed by atoms with van der Waals surface area (Å²) in [7, 11) is 0. The van der Waals surface area contributed by atoms with Crippen molar-refractivity contribution in [2.45, 2.75) is 19.4 Å². The van der Waals surface area contributed by atoms with Gasteiger partial charge in [0.2, 0.25) is 0 Å². The highest BCUT2D eigenvalue weighted by Crippen LogP contribution is 2.13. The molecular formula is C16H25NO5. The van der Waals surface area contributed by atoms with Crippen molar-refractivity contribution in [3.05, 3.63) is 29.8 Å². The van der Waals surface area contributed by atoms with Crippen molar-refractivity contribution in [3.63, 3.8) is 0 Å². The minimum atomic E-state index is -0.727. The van der Waals surface area contributed by atoms with Crippen LogP contribution >= 0.6 is 0 Å². The number of nitrogens with zero attached hydrogens (tertiary/aromatic N) is 1. The van der Waals surface area contributed by atoms with Gasteiger partial charge in [-0.15, -0.1) is 0 Å². The van der Waals surface area contributed by atoms with Gasteiger partial charge >= 0.3 is 0 Å². The Balaban J connectivity index is 2.42. The molecule has 0 saturated carbocycles. The van der Waals surface area contributed by atoms with Crippen LogP contribution in [0.2, 0.25) is 0 Å². The van der Waals surface area contributed by atoms with E-state index in [1.54, 1.807) is 29.2 Å². The summed E-state index contributed by atoms with van der Waals surface area (Å²) in [5.41, 5.74) is 0.646. The minimum absolute atomic E-state index is 0.0273. The molecule has 1 aromatic carbocycles. The van der Waals surface area contributed by atoms with E-state index in [1.165, 1.54) is 0 Å². The first kappa shape index (κ1) is 18.6. The van der Waals surface area contributed by atoms with Gasteiger partial charge in [0.15, 0.2) is 5.78 Å². The Bertz CT molecular complexity index is 429. The number of carbonyl (C=O) groups excluding carboxylic acids is 1. The van der Waals surface area contributed by atoms with Crippen molar-refractivity contribution in [2.75, 3.05) is 39.5 Å². The molecule has 1 rings (SSSR count). The fourth-order valence-electron chi connectivity index (χ4n) is 2.06. The maximum absolute atomic E-state index is 11.5. The SMILES string of the molecule is CCC(=O)c1ccc(OC[C@@H](O)CN(CCO)CCO)cc1. The zero-order valence-electron chi connectivity index (χ0n) is 12.9. The highest BCUT2D eigenvalue weighted by atomic mass is 16.5. The van der Waals surface area contributed by atoms with Gasteiger partial charge in [-0.1, -0.05) is 6.92 Å². The summed E-state index contributed by atoms with van der Waals surface area (Å²) in [6, 6.07) is 6.82. The molecule has 0 aromatic heterocycles. The number of ether oxygens (including phenoxy) is 1. The van der Waals surface area contributed by atoms with Crippen LogP contribution in [-0.4, -0.2) is 71.6 Å². The zero-order valence-corrected chi connectivity index (χ0v) is 12.9. The van der Waals surface area contributed by atoms with Gasteiger partial charge in [-0.3, -0.25) is 9.69 Å². The van der Waals surface area contributed by atoms with Crippen LogP contribution in [-0.2, 0) is 0 Å². The summed E-state index contributed by atoms with van der Waals surface area (Å²) in [5.74, 6) is 0.665. The Morgan fingerprint density at radius 2 is 1.77 bits per heavy atom. The van der Waals surface area contributed by atoms with E-state index in [0.717, 1.165) is 0 Å². The van der Waals surface area contributed by atoms with Gasteiger partial charge in [0, 0.05) is 31.6 Å². The highest BCUT2D eigenvalue weighted by Gasteiger charge is 2.12. The first-order chi connectivity index (χ1) is 10.6. The van der Waals surface area contributed by atoms with Crippen molar-refractivity contribution in [2.24, 2.45) is 0 Å². The molecule has 1 atom stereocenters. The molecule has 0 bridgehead atoms. The highest BCUT2D eigenvalue weighted by molar-refractivity contribution is 5.95. The maximum atomic E-state index is 11.5. The molecule has 22 heavy (non-hydrogen) atoms. The molecule has 1 aromatic rings. The molecule has 0 fully saturated rings. The molecule has 0 spiro atoms. The van der Waals surface area contributed by atoms with E-state index in [1.807, 2.05) is 6.92 Å². The smallest absolute Gasteiger partial charge is 0.162 e. The van der Waals surface area contributed by atoms with Gasteiger partial charge in [0.1, 0.15) is 18.5 Å². The van der Waals surface area contributed by atoms with Crippen molar-refractivity contribution in [1.29, 1.82) is 0 Å². The number of hydrogen-bond acceptors (Lipinski definition) is 6. The van der Waals surface area contributed by atoms with E-state index in [4.69, 9.17) is 14.9 Å². The van der Waals surface area contributed by atoms with E-state index in [-0.39, 0.29) is 25.6 Å². The van der Waals surface area contributed by atoms with Crippen LogP contribution in [0.3, 0.4) is 0 Å². The Morgan fingerprint density at radius 3 is 2.27 bits per heavy atom. The third kappa shape index (κ3) is 6.53. The van der Waals surface area contributed by atoms with Crippen LogP contribution in [0.5, 0.6) is 5.75 Å². The van der Waals surface area contributed by atoms with Crippen molar-refractivity contribution in [3.8, 4) is 5.75 Å². The number of aliphatic hydroxyl groups excluding tert-OH is 3. The topological polar surface area (TPSA) is 90.2 Å². The number of benzene rings is 1. The second-order valence-electron chi connectivity index (χ2n) is 5.01. The van der Waals surface area contributed by atoms with Gasteiger partial charge < -0.3 is 20.1 Å². The van der Waals surface area contributed by atoms with Gasteiger partial charge in [0.25, 0.3) is 0 Å². The van der Waals surface area contributed by atoms with E-state index in [2.05, 4.69) is 0 Å². The van der Waals surface area contributed by atoms with Crippen LogP contribution in [0.4, 0.5) is 0 Å². The number of rotatable bonds is 11. The first-order valence-corrected chi connectivity index (χ1v) is 7.48. The summed E-state index contributed by atoms with van der Waals surface area (Å²) in [6.07, 6.45) is -0.264. The Hall–Kier alpha value is -1.47. The molecule has 0 aliphatic heterocycles. The molecule has 0 aliphatic rings. The van der Waals surface area contributed by atoms with Crippen LogP contribution < -0.4 is 4.74 Å². The Kier molecular flexibility index (Phi) is 8.69. The van der Waals surface area contributed by atoms with E-state index >= 15 is 0 Å². The molecule has 0 aliphatic carbocycles. The maximum Gasteiger partial charge on any atom is 0.162 e. The lowest BCUT2D eigenvalue weighted by Gasteiger charge is -2.23. The molecule has 6 nitrogen and oxygen atoms in total. The summed E-state index contributed by atoms with van der Waals surface area (Å²) < 4.78 is 5.48. The summed E-state index contributed by atoms with van der Waals surface area (Å²) in [6.45, 7) is 2.97. The fourth-order valence-corrected chi connectivity index (χ4v) is 2.06. The number of ketones is 1. The van der Waals surface area contributed by atoms with Crippen LogP contribution in [0.15, 0.2) is 24.3 Å². The molecule has 0 unspecified atom stereocenters. The van der Waals surface area contributed by atoms with Gasteiger partial charge in [0.05, 0.1) is 13.2 Å². The molecule has 124 valence electrons. The average molecular weight is 311 g/mol. The second kappa shape index (κ2) is 10.3. The van der Waals surface area contributed by atoms with Gasteiger partial charge in [-0.05, 0) is 24.3 Å². The molecule has 0 heterocycles. The number of Topliss-reactive ketones (excluding diaryl/α,β-unsaturated/α-hetero) is 1. The molecular weight excluding hydrogens is 286 g/mol. The predicted octanol–water partition coefficient (Wildman–Crippen LogP) is 0.306.